The van der Waals surface area contributed by atoms with E-state index in [0.717, 1.165) is 20.9 Å². The van der Waals surface area contributed by atoms with Crippen molar-refractivity contribution in [2.75, 3.05) is 6.54 Å². The molecule has 0 N–H and O–H groups in total. The highest BCUT2D eigenvalue weighted by Gasteiger charge is 2.68. The van der Waals surface area contributed by atoms with Crippen LogP contribution in [0.1, 0.15) is 27.1 Å². The predicted octanol–water partition coefficient (Wildman–Crippen LogP) is 4.40. The minimum atomic E-state index is -0.590. The van der Waals surface area contributed by atoms with Crippen LogP contribution >= 0.6 is 27.5 Å². The Kier molecular flexibility index (Phi) is 5.04. The van der Waals surface area contributed by atoms with E-state index in [9.17, 15) is 19.2 Å². The maximum atomic E-state index is 13.6. The van der Waals surface area contributed by atoms with Gasteiger partial charge in [0.05, 0.1) is 11.8 Å². The van der Waals surface area contributed by atoms with Crippen LogP contribution in [-0.2, 0) is 9.59 Å². The van der Waals surface area contributed by atoms with Crippen LogP contribution in [-0.4, -0.2) is 40.1 Å². The third kappa shape index (κ3) is 3.28. The van der Waals surface area contributed by atoms with Gasteiger partial charge in [-0.3, -0.25) is 19.2 Å². The van der Waals surface area contributed by atoms with Gasteiger partial charge >= 0.3 is 0 Å². The molecule has 172 valence electrons. The standard InChI is InChI=1S/C26H20BrClN2O4/c27-15-5-1-13(2-6-15)21(31)12-29(24(32)14-3-7-16(28)8-4-14)30-25(33)22-17-9-10-18(20-11-19(17)20)23(22)26(30)34/h1-10,17-20,22-23H,11-12H2/t17-,18-,19-,20+,22+,23+/m0/s1. The minimum absolute atomic E-state index is 0.0242. The fraction of sp³-hybridized carbons (Fsp3) is 0.308. The number of ketones is 1. The molecule has 34 heavy (non-hydrogen) atoms. The van der Waals surface area contributed by atoms with Crippen molar-refractivity contribution in [1.29, 1.82) is 0 Å². The summed E-state index contributed by atoms with van der Waals surface area (Å²) in [6.45, 7) is -0.421. The quantitative estimate of drug-likeness (QED) is 0.321. The summed E-state index contributed by atoms with van der Waals surface area (Å²) in [6, 6.07) is 12.9. The average molecular weight is 540 g/mol. The van der Waals surface area contributed by atoms with Crippen LogP contribution < -0.4 is 0 Å². The second kappa shape index (κ2) is 7.89. The van der Waals surface area contributed by atoms with Crippen LogP contribution in [0.5, 0.6) is 0 Å². The van der Waals surface area contributed by atoms with Gasteiger partial charge in [0.2, 0.25) is 0 Å². The van der Waals surface area contributed by atoms with E-state index in [0.29, 0.717) is 22.4 Å². The Morgan fingerprint density at radius 1 is 0.882 bits per heavy atom. The number of hydrazine groups is 1. The summed E-state index contributed by atoms with van der Waals surface area (Å²) >= 11 is 9.32. The largest absolute Gasteiger partial charge is 0.292 e. The zero-order valence-electron chi connectivity index (χ0n) is 17.9. The number of rotatable bonds is 5. The molecule has 2 aromatic carbocycles. The van der Waals surface area contributed by atoms with E-state index in [1.807, 2.05) is 0 Å². The average Bonchev–Trinajstić information content (AvgIpc) is 3.62. The number of hydrogen-bond acceptors (Lipinski definition) is 4. The number of benzene rings is 2. The number of halogens is 2. The van der Waals surface area contributed by atoms with Crippen molar-refractivity contribution >= 4 is 51.0 Å². The van der Waals surface area contributed by atoms with Crippen molar-refractivity contribution < 1.29 is 19.2 Å². The molecule has 4 aliphatic carbocycles. The Bertz CT molecular complexity index is 1220. The molecule has 2 bridgehead atoms. The van der Waals surface area contributed by atoms with Crippen molar-refractivity contribution in [3.8, 4) is 0 Å². The number of carbonyl (C=O) groups excluding carboxylic acids is 4. The molecule has 2 aromatic rings. The number of imide groups is 1. The summed E-state index contributed by atoms with van der Waals surface area (Å²) in [5.74, 6) is -1.72. The number of amides is 3. The fourth-order valence-electron chi connectivity index (χ4n) is 6.02. The molecule has 1 heterocycles. The van der Waals surface area contributed by atoms with Gasteiger partial charge in [-0.1, -0.05) is 51.8 Å². The van der Waals surface area contributed by atoms with Crippen LogP contribution in [0.4, 0.5) is 0 Å². The van der Waals surface area contributed by atoms with Gasteiger partial charge in [0.1, 0.15) is 6.54 Å². The van der Waals surface area contributed by atoms with Crippen molar-refractivity contribution in [1.82, 2.24) is 10.0 Å². The molecule has 3 fully saturated rings. The smallest absolute Gasteiger partial charge is 0.273 e. The van der Waals surface area contributed by atoms with Crippen molar-refractivity contribution in [2.45, 2.75) is 6.42 Å². The molecule has 0 spiro atoms. The predicted molar refractivity (Wildman–Crippen MR) is 128 cm³/mol. The molecule has 0 aromatic heterocycles. The first-order chi connectivity index (χ1) is 16.3. The maximum absolute atomic E-state index is 13.6. The minimum Gasteiger partial charge on any atom is -0.292 e. The number of nitrogens with zero attached hydrogens (tertiary/aromatic N) is 2. The maximum Gasteiger partial charge on any atom is 0.273 e. The van der Waals surface area contributed by atoms with Gasteiger partial charge in [-0.2, -0.15) is 5.01 Å². The second-order valence-electron chi connectivity index (χ2n) is 9.44. The SMILES string of the molecule is O=C(CN(C(=O)c1ccc(Cl)cc1)N1C(=O)[C@@H]2[C@H]3C=C[C@@H]([C@@H]4C[C@H]34)[C@H]2C1=O)c1ccc(Br)cc1. The zero-order valence-corrected chi connectivity index (χ0v) is 20.3. The number of allylic oxidation sites excluding steroid dienone is 2. The summed E-state index contributed by atoms with van der Waals surface area (Å²) in [6.07, 6.45) is 5.20. The molecule has 7 rings (SSSR count). The third-order valence-electron chi connectivity index (χ3n) is 7.67. The Morgan fingerprint density at radius 3 is 1.97 bits per heavy atom. The van der Waals surface area contributed by atoms with Gasteiger partial charge in [-0.25, -0.2) is 5.01 Å². The summed E-state index contributed by atoms with van der Waals surface area (Å²) in [4.78, 5) is 54.0. The molecular formula is C26H20BrClN2O4. The van der Waals surface area contributed by atoms with E-state index in [1.165, 1.54) is 12.1 Å². The molecule has 3 amide bonds. The topological polar surface area (TPSA) is 74.8 Å². The molecule has 8 heteroatoms. The van der Waals surface area contributed by atoms with E-state index in [2.05, 4.69) is 28.1 Å². The van der Waals surface area contributed by atoms with Gasteiger partial charge < -0.3 is 0 Å². The van der Waals surface area contributed by atoms with E-state index in [1.54, 1.807) is 36.4 Å². The fourth-order valence-corrected chi connectivity index (χ4v) is 6.41. The van der Waals surface area contributed by atoms with Gasteiger partial charge in [0.15, 0.2) is 5.78 Å². The lowest BCUT2D eigenvalue weighted by Gasteiger charge is -2.37. The first-order valence-electron chi connectivity index (χ1n) is 11.3. The van der Waals surface area contributed by atoms with Gasteiger partial charge in [0.25, 0.3) is 17.7 Å². The van der Waals surface area contributed by atoms with Gasteiger partial charge in [-0.05, 0) is 66.5 Å². The Hall–Kier alpha value is -2.77. The molecular weight excluding hydrogens is 520 g/mol. The van der Waals surface area contributed by atoms with Crippen LogP contribution in [0.2, 0.25) is 5.02 Å². The number of Topliss-reactive ketones (excluding diaryl/α,β-unsaturated/α-hetero) is 1. The summed E-state index contributed by atoms with van der Waals surface area (Å²) in [7, 11) is 0. The Morgan fingerprint density at radius 2 is 1.41 bits per heavy atom. The molecule has 6 nitrogen and oxygen atoms in total. The van der Waals surface area contributed by atoms with E-state index in [-0.39, 0.29) is 35.0 Å². The molecule has 5 aliphatic rings. The van der Waals surface area contributed by atoms with Gasteiger partial charge in [0, 0.05) is 20.6 Å². The summed E-state index contributed by atoms with van der Waals surface area (Å²) < 4.78 is 0.814. The zero-order chi connectivity index (χ0) is 23.7. The number of carbonyl (C=O) groups is 4. The lowest BCUT2D eigenvalue weighted by Crippen LogP contribution is -2.52. The first kappa shape index (κ1) is 21.7. The van der Waals surface area contributed by atoms with Crippen LogP contribution in [0.15, 0.2) is 65.2 Å². The van der Waals surface area contributed by atoms with E-state index >= 15 is 0 Å². The Labute approximate surface area is 209 Å². The molecule has 1 saturated heterocycles. The van der Waals surface area contributed by atoms with E-state index < -0.39 is 24.3 Å². The van der Waals surface area contributed by atoms with Crippen LogP contribution in [0.25, 0.3) is 0 Å². The van der Waals surface area contributed by atoms with Crippen molar-refractivity contribution in [3.63, 3.8) is 0 Å². The monoisotopic (exact) mass is 538 g/mol. The highest BCUT2D eigenvalue weighted by atomic mass is 79.9. The lowest BCUT2D eigenvalue weighted by molar-refractivity contribution is -0.154. The highest BCUT2D eigenvalue weighted by molar-refractivity contribution is 9.10. The molecule has 6 atom stereocenters. The molecule has 0 radical (unpaired) electrons. The third-order valence-corrected chi connectivity index (χ3v) is 8.45. The van der Waals surface area contributed by atoms with Crippen molar-refractivity contribution in [3.05, 3.63) is 81.3 Å². The van der Waals surface area contributed by atoms with E-state index in [4.69, 9.17) is 11.6 Å². The molecule has 2 saturated carbocycles. The number of hydrogen-bond donors (Lipinski definition) is 0. The molecule has 0 unspecified atom stereocenters. The normalized spacial score (nSPS) is 30.2. The van der Waals surface area contributed by atoms with Gasteiger partial charge in [-0.15, -0.1) is 0 Å². The lowest BCUT2D eigenvalue weighted by atomic mass is 9.63. The Balaban J connectivity index is 1.36. The van der Waals surface area contributed by atoms with Crippen LogP contribution in [0, 0.1) is 35.5 Å². The summed E-state index contributed by atoms with van der Waals surface area (Å²) in [5, 5.41) is 2.44. The highest BCUT2D eigenvalue weighted by Crippen LogP contribution is 2.65. The summed E-state index contributed by atoms with van der Waals surface area (Å²) in [5.41, 5.74) is 0.629. The molecule has 1 aliphatic heterocycles. The first-order valence-corrected chi connectivity index (χ1v) is 12.4. The van der Waals surface area contributed by atoms with Crippen molar-refractivity contribution in [2.24, 2.45) is 35.5 Å². The van der Waals surface area contributed by atoms with Crippen LogP contribution in [0.3, 0.4) is 0 Å². The second-order valence-corrected chi connectivity index (χ2v) is 10.8.